The molecule has 0 spiro atoms. The summed E-state index contributed by atoms with van der Waals surface area (Å²) in [5.74, 6) is 3.13. The molecule has 1 fully saturated rings. The lowest BCUT2D eigenvalue weighted by Crippen LogP contribution is -2.34. The fraction of sp³-hybridized carbons (Fsp3) is 0.857. The third kappa shape index (κ3) is 3.15. The van der Waals surface area contributed by atoms with Gasteiger partial charge in [-0.25, -0.2) is 0 Å². The highest BCUT2D eigenvalue weighted by Gasteiger charge is 2.35. The van der Waals surface area contributed by atoms with Crippen molar-refractivity contribution in [3.05, 3.63) is 12.7 Å². The number of allylic oxidation sites excluding steroid dienone is 1. The summed E-state index contributed by atoms with van der Waals surface area (Å²) in [5.41, 5.74) is 0. The summed E-state index contributed by atoms with van der Waals surface area (Å²) in [6.45, 7) is 8.52. The Morgan fingerprint density at radius 2 is 2.07 bits per heavy atom. The molecule has 0 aromatic rings. The lowest BCUT2D eigenvalue weighted by Gasteiger charge is -2.43. The van der Waals surface area contributed by atoms with Gasteiger partial charge in [0, 0.05) is 0 Å². The minimum atomic E-state index is 1.01. The van der Waals surface area contributed by atoms with E-state index in [-0.39, 0.29) is 0 Å². The minimum absolute atomic E-state index is 1.01. The molecule has 82 valence electrons. The summed E-state index contributed by atoms with van der Waals surface area (Å²) in [5, 5.41) is 0. The van der Waals surface area contributed by atoms with E-state index in [1.165, 1.54) is 44.9 Å². The fourth-order valence-electron chi connectivity index (χ4n) is 2.99. The van der Waals surface area contributed by atoms with E-state index in [1.807, 2.05) is 6.08 Å². The predicted molar refractivity (Wildman–Crippen MR) is 64.3 cm³/mol. The van der Waals surface area contributed by atoms with Gasteiger partial charge in [0.1, 0.15) is 0 Å². The Balaban J connectivity index is 2.11. The Labute approximate surface area is 89.8 Å². The zero-order valence-corrected chi connectivity index (χ0v) is 9.97. The molecule has 0 aromatic heterocycles. The van der Waals surface area contributed by atoms with Crippen molar-refractivity contribution in [3.63, 3.8) is 0 Å². The quantitative estimate of drug-likeness (QED) is 0.403. The van der Waals surface area contributed by atoms with Gasteiger partial charge in [0.05, 0.1) is 0 Å². The maximum atomic E-state index is 3.77. The molecule has 3 atom stereocenters. The first kappa shape index (κ1) is 11.8. The first-order valence-corrected chi connectivity index (χ1v) is 6.40. The topological polar surface area (TPSA) is 0 Å². The van der Waals surface area contributed by atoms with Crippen molar-refractivity contribution in [2.45, 2.75) is 58.8 Å². The van der Waals surface area contributed by atoms with Gasteiger partial charge in [0.2, 0.25) is 0 Å². The Morgan fingerprint density at radius 1 is 1.29 bits per heavy atom. The molecule has 0 N–H and O–H groups in total. The zero-order chi connectivity index (χ0) is 10.4. The van der Waals surface area contributed by atoms with E-state index in [4.69, 9.17) is 0 Å². The number of rotatable bonds is 7. The molecule has 1 rings (SSSR count). The highest BCUT2D eigenvalue weighted by atomic mass is 14.4. The summed E-state index contributed by atoms with van der Waals surface area (Å²) in [6, 6.07) is 0. The van der Waals surface area contributed by atoms with Crippen LogP contribution in [0.4, 0.5) is 0 Å². The van der Waals surface area contributed by atoms with Crippen LogP contribution < -0.4 is 0 Å². The van der Waals surface area contributed by atoms with Crippen LogP contribution >= 0.6 is 0 Å². The largest absolute Gasteiger partial charge is 0.103 e. The van der Waals surface area contributed by atoms with Crippen molar-refractivity contribution < 1.29 is 0 Å². The van der Waals surface area contributed by atoms with Crippen molar-refractivity contribution in [2.24, 2.45) is 17.8 Å². The van der Waals surface area contributed by atoms with Crippen LogP contribution in [0.25, 0.3) is 0 Å². The molecule has 1 aliphatic rings. The first-order valence-electron chi connectivity index (χ1n) is 6.40. The van der Waals surface area contributed by atoms with Crippen LogP contribution in [0.2, 0.25) is 0 Å². The van der Waals surface area contributed by atoms with E-state index in [9.17, 15) is 0 Å². The Bertz CT molecular complexity index is 157. The zero-order valence-electron chi connectivity index (χ0n) is 9.97. The summed E-state index contributed by atoms with van der Waals surface area (Å²) in [4.78, 5) is 0. The van der Waals surface area contributed by atoms with Gasteiger partial charge in [-0.05, 0) is 43.4 Å². The fourth-order valence-corrected chi connectivity index (χ4v) is 2.99. The minimum Gasteiger partial charge on any atom is -0.103 e. The Hall–Kier alpha value is -0.260. The third-order valence-electron chi connectivity index (χ3n) is 3.87. The summed E-state index contributed by atoms with van der Waals surface area (Å²) >= 11 is 0. The standard InChI is InChI=1S/C14H26/c1-4-6-7-8-10-14-12(3)11-13(14)9-5-2/h4,12-14H,1,5-11H2,2-3H3. The van der Waals surface area contributed by atoms with Gasteiger partial charge in [0.15, 0.2) is 0 Å². The van der Waals surface area contributed by atoms with Gasteiger partial charge in [-0.3, -0.25) is 0 Å². The lowest BCUT2D eigenvalue weighted by atomic mass is 9.62. The van der Waals surface area contributed by atoms with Crippen LogP contribution in [0.15, 0.2) is 12.7 Å². The predicted octanol–water partition coefficient (Wildman–Crippen LogP) is 4.81. The van der Waals surface area contributed by atoms with E-state index < -0.39 is 0 Å². The molecule has 0 nitrogen and oxygen atoms in total. The molecule has 0 amide bonds. The van der Waals surface area contributed by atoms with Crippen molar-refractivity contribution in [1.82, 2.24) is 0 Å². The number of hydrogen-bond acceptors (Lipinski definition) is 0. The Kier molecular flexibility index (Phi) is 5.29. The molecule has 0 heterocycles. The highest BCUT2D eigenvalue weighted by molar-refractivity contribution is 4.86. The van der Waals surface area contributed by atoms with Gasteiger partial charge in [0.25, 0.3) is 0 Å². The smallest absolute Gasteiger partial charge is 0.0353 e. The second kappa shape index (κ2) is 6.27. The summed E-state index contributed by atoms with van der Waals surface area (Å²) < 4.78 is 0. The van der Waals surface area contributed by atoms with Crippen LogP contribution in [-0.2, 0) is 0 Å². The van der Waals surface area contributed by atoms with Crippen LogP contribution in [0.3, 0.4) is 0 Å². The van der Waals surface area contributed by atoms with E-state index in [0.29, 0.717) is 0 Å². The molecule has 0 aliphatic heterocycles. The van der Waals surface area contributed by atoms with Gasteiger partial charge in [-0.1, -0.05) is 39.2 Å². The summed E-state index contributed by atoms with van der Waals surface area (Å²) in [6.07, 6.45) is 11.8. The molecule has 0 bridgehead atoms. The molecule has 0 saturated heterocycles. The highest BCUT2D eigenvalue weighted by Crippen LogP contribution is 2.45. The van der Waals surface area contributed by atoms with Gasteiger partial charge < -0.3 is 0 Å². The molecular formula is C14H26. The van der Waals surface area contributed by atoms with Crippen LogP contribution in [0.5, 0.6) is 0 Å². The van der Waals surface area contributed by atoms with Crippen LogP contribution in [-0.4, -0.2) is 0 Å². The normalized spacial score (nSPS) is 31.1. The molecule has 0 heteroatoms. The SMILES string of the molecule is C=CCCCCC1C(C)CC1CCC. The lowest BCUT2D eigenvalue weighted by molar-refractivity contribution is 0.0670. The Morgan fingerprint density at radius 3 is 2.64 bits per heavy atom. The number of unbranched alkanes of at least 4 members (excludes halogenated alkanes) is 2. The molecule has 14 heavy (non-hydrogen) atoms. The van der Waals surface area contributed by atoms with Crippen molar-refractivity contribution in [3.8, 4) is 0 Å². The van der Waals surface area contributed by atoms with Gasteiger partial charge in [-0.15, -0.1) is 6.58 Å². The van der Waals surface area contributed by atoms with Gasteiger partial charge in [-0.2, -0.15) is 0 Å². The van der Waals surface area contributed by atoms with Crippen LogP contribution in [0.1, 0.15) is 58.8 Å². The maximum Gasteiger partial charge on any atom is -0.0353 e. The van der Waals surface area contributed by atoms with Crippen molar-refractivity contribution >= 4 is 0 Å². The average Bonchev–Trinajstić information content (AvgIpc) is 2.17. The molecule has 0 radical (unpaired) electrons. The molecule has 1 saturated carbocycles. The van der Waals surface area contributed by atoms with E-state index >= 15 is 0 Å². The molecule has 0 aromatic carbocycles. The van der Waals surface area contributed by atoms with E-state index in [2.05, 4.69) is 20.4 Å². The van der Waals surface area contributed by atoms with E-state index in [1.54, 1.807) is 0 Å². The van der Waals surface area contributed by atoms with Crippen molar-refractivity contribution in [1.29, 1.82) is 0 Å². The monoisotopic (exact) mass is 194 g/mol. The van der Waals surface area contributed by atoms with Crippen LogP contribution in [0, 0.1) is 17.8 Å². The third-order valence-corrected chi connectivity index (χ3v) is 3.87. The summed E-state index contributed by atoms with van der Waals surface area (Å²) in [7, 11) is 0. The van der Waals surface area contributed by atoms with Gasteiger partial charge >= 0.3 is 0 Å². The number of hydrogen-bond donors (Lipinski definition) is 0. The first-order chi connectivity index (χ1) is 6.79. The van der Waals surface area contributed by atoms with E-state index in [0.717, 1.165) is 17.8 Å². The molecule has 1 aliphatic carbocycles. The average molecular weight is 194 g/mol. The maximum absolute atomic E-state index is 3.77. The molecular weight excluding hydrogens is 168 g/mol. The molecule has 3 unspecified atom stereocenters. The second-order valence-corrected chi connectivity index (χ2v) is 5.00. The van der Waals surface area contributed by atoms with Crippen molar-refractivity contribution in [2.75, 3.05) is 0 Å². The second-order valence-electron chi connectivity index (χ2n) is 5.00.